The Hall–Kier alpha value is -1.15. The van der Waals surface area contributed by atoms with Crippen molar-refractivity contribution in [2.24, 2.45) is 0 Å². The summed E-state index contributed by atoms with van der Waals surface area (Å²) in [7, 11) is -0.375. The summed E-state index contributed by atoms with van der Waals surface area (Å²) in [4.78, 5) is 23.7. The Morgan fingerprint density at radius 3 is 2.53 bits per heavy atom. The van der Waals surface area contributed by atoms with Gasteiger partial charge in [0.25, 0.3) is 0 Å². The number of carboxylic acid groups (broad SMARTS) is 1. The standard InChI is InChI=1S/C11H20N2O5S/c1-12(2)11(16)9-5-3-7-13(9)19(17,18)8-4-6-10(14)15/h9H,3-8H2,1-2H3,(H,14,15). The molecule has 0 aromatic heterocycles. The van der Waals surface area contributed by atoms with Gasteiger partial charge in [-0.2, -0.15) is 4.31 Å². The van der Waals surface area contributed by atoms with Crippen LogP contribution in [-0.4, -0.2) is 67.0 Å². The Morgan fingerprint density at radius 2 is 2.00 bits per heavy atom. The van der Waals surface area contributed by atoms with Crippen LogP contribution in [-0.2, 0) is 19.6 Å². The van der Waals surface area contributed by atoms with E-state index in [0.29, 0.717) is 19.4 Å². The molecule has 1 fully saturated rings. The van der Waals surface area contributed by atoms with Gasteiger partial charge >= 0.3 is 5.97 Å². The van der Waals surface area contributed by atoms with Gasteiger partial charge in [0.2, 0.25) is 15.9 Å². The fourth-order valence-corrected chi connectivity index (χ4v) is 3.88. The molecule has 0 aromatic carbocycles. The number of sulfonamides is 1. The molecule has 110 valence electrons. The molecule has 19 heavy (non-hydrogen) atoms. The van der Waals surface area contributed by atoms with E-state index in [4.69, 9.17) is 5.11 Å². The van der Waals surface area contributed by atoms with Gasteiger partial charge in [0.05, 0.1) is 5.75 Å². The number of carbonyl (C=O) groups excluding carboxylic acids is 1. The molecule has 1 aliphatic heterocycles. The summed E-state index contributed by atoms with van der Waals surface area (Å²) in [6, 6.07) is -0.634. The van der Waals surface area contributed by atoms with Crippen molar-refractivity contribution in [2.45, 2.75) is 31.7 Å². The van der Waals surface area contributed by atoms with Crippen molar-refractivity contribution in [3.8, 4) is 0 Å². The van der Waals surface area contributed by atoms with E-state index in [1.54, 1.807) is 14.1 Å². The molecule has 7 nitrogen and oxygen atoms in total. The van der Waals surface area contributed by atoms with Gasteiger partial charge in [0.15, 0.2) is 0 Å². The Balaban J connectivity index is 2.71. The summed E-state index contributed by atoms with van der Waals surface area (Å²) >= 11 is 0. The molecule has 0 radical (unpaired) electrons. The van der Waals surface area contributed by atoms with Gasteiger partial charge in [-0.3, -0.25) is 9.59 Å². The van der Waals surface area contributed by atoms with Crippen molar-refractivity contribution < 1.29 is 23.1 Å². The SMILES string of the molecule is CN(C)C(=O)C1CCCN1S(=O)(=O)CCCC(=O)O. The van der Waals surface area contributed by atoms with Crippen molar-refractivity contribution in [2.75, 3.05) is 26.4 Å². The second-order valence-corrected chi connectivity index (χ2v) is 6.86. The molecular formula is C11H20N2O5S. The second-order valence-electron chi connectivity index (χ2n) is 4.81. The van der Waals surface area contributed by atoms with E-state index in [1.807, 2.05) is 0 Å². The summed E-state index contributed by atoms with van der Waals surface area (Å²) in [5.74, 6) is -1.46. The average Bonchev–Trinajstić information content (AvgIpc) is 2.76. The van der Waals surface area contributed by atoms with Gasteiger partial charge in [-0.1, -0.05) is 0 Å². The summed E-state index contributed by atoms with van der Waals surface area (Å²) in [6.07, 6.45) is 1.06. The van der Waals surface area contributed by atoms with Crippen LogP contribution in [0.15, 0.2) is 0 Å². The normalized spacial score (nSPS) is 20.4. The van der Waals surface area contributed by atoms with Gasteiger partial charge in [0, 0.05) is 27.1 Å². The smallest absolute Gasteiger partial charge is 0.303 e. The van der Waals surface area contributed by atoms with Crippen LogP contribution in [0.5, 0.6) is 0 Å². The second kappa shape index (κ2) is 6.33. The molecule has 1 saturated heterocycles. The first-order valence-electron chi connectivity index (χ1n) is 6.18. The van der Waals surface area contributed by atoms with E-state index in [0.717, 1.165) is 0 Å². The molecular weight excluding hydrogens is 272 g/mol. The van der Waals surface area contributed by atoms with Crippen LogP contribution in [0.2, 0.25) is 0 Å². The third-order valence-electron chi connectivity index (χ3n) is 3.08. The number of carboxylic acids is 1. The van der Waals surface area contributed by atoms with E-state index in [-0.39, 0.29) is 24.5 Å². The van der Waals surface area contributed by atoms with Crippen LogP contribution in [0.25, 0.3) is 0 Å². The topological polar surface area (TPSA) is 95.0 Å². The fourth-order valence-electron chi connectivity index (χ4n) is 2.14. The molecule has 1 unspecified atom stereocenters. The van der Waals surface area contributed by atoms with Crippen molar-refractivity contribution in [1.29, 1.82) is 0 Å². The van der Waals surface area contributed by atoms with Crippen LogP contribution in [0.1, 0.15) is 25.7 Å². The van der Waals surface area contributed by atoms with Crippen LogP contribution in [0, 0.1) is 0 Å². The number of amides is 1. The van der Waals surface area contributed by atoms with Crippen molar-refractivity contribution >= 4 is 21.9 Å². The largest absolute Gasteiger partial charge is 0.481 e. The zero-order valence-corrected chi connectivity index (χ0v) is 12.0. The first-order chi connectivity index (χ1) is 8.75. The molecule has 0 spiro atoms. The van der Waals surface area contributed by atoms with Gasteiger partial charge < -0.3 is 10.0 Å². The van der Waals surface area contributed by atoms with E-state index in [9.17, 15) is 18.0 Å². The number of likely N-dealkylation sites (N-methyl/N-ethyl adjacent to an activating group) is 1. The maximum absolute atomic E-state index is 12.1. The Kier molecular flexibility index (Phi) is 5.30. The monoisotopic (exact) mass is 292 g/mol. The maximum Gasteiger partial charge on any atom is 0.303 e. The van der Waals surface area contributed by atoms with E-state index in [1.165, 1.54) is 9.21 Å². The number of nitrogens with zero attached hydrogens (tertiary/aromatic N) is 2. The number of hydrogen-bond acceptors (Lipinski definition) is 4. The summed E-state index contributed by atoms with van der Waals surface area (Å²) < 4.78 is 25.4. The lowest BCUT2D eigenvalue weighted by molar-refractivity contribution is -0.137. The lowest BCUT2D eigenvalue weighted by atomic mass is 10.2. The van der Waals surface area contributed by atoms with Crippen LogP contribution >= 0.6 is 0 Å². The minimum atomic E-state index is -3.56. The minimum absolute atomic E-state index is 0.0665. The number of rotatable bonds is 6. The summed E-state index contributed by atoms with van der Waals surface area (Å²) in [5, 5.41) is 8.52. The molecule has 0 aliphatic carbocycles. The number of carbonyl (C=O) groups is 2. The highest BCUT2D eigenvalue weighted by Gasteiger charge is 2.38. The zero-order valence-electron chi connectivity index (χ0n) is 11.2. The minimum Gasteiger partial charge on any atom is -0.481 e. The van der Waals surface area contributed by atoms with Crippen molar-refractivity contribution in [3.63, 3.8) is 0 Å². The highest BCUT2D eigenvalue weighted by Crippen LogP contribution is 2.23. The molecule has 1 amide bonds. The van der Waals surface area contributed by atoms with E-state index in [2.05, 4.69) is 0 Å². The molecule has 0 aromatic rings. The van der Waals surface area contributed by atoms with Crippen molar-refractivity contribution in [3.05, 3.63) is 0 Å². The molecule has 1 rings (SSSR count). The van der Waals surface area contributed by atoms with Crippen LogP contribution in [0.3, 0.4) is 0 Å². The molecule has 0 saturated carbocycles. The third-order valence-corrected chi connectivity index (χ3v) is 5.04. The highest BCUT2D eigenvalue weighted by atomic mass is 32.2. The molecule has 1 heterocycles. The molecule has 8 heteroatoms. The van der Waals surface area contributed by atoms with Gasteiger partial charge in [0.1, 0.15) is 6.04 Å². The predicted molar refractivity (Wildman–Crippen MR) is 69.1 cm³/mol. The van der Waals surface area contributed by atoms with E-state index < -0.39 is 22.0 Å². The van der Waals surface area contributed by atoms with Crippen LogP contribution < -0.4 is 0 Å². The molecule has 1 atom stereocenters. The third kappa shape index (κ3) is 4.17. The number of hydrogen-bond donors (Lipinski definition) is 1. The van der Waals surface area contributed by atoms with Gasteiger partial charge in [-0.25, -0.2) is 8.42 Å². The molecule has 1 aliphatic rings. The summed E-state index contributed by atoms with van der Waals surface area (Å²) in [6.45, 7) is 0.333. The lowest BCUT2D eigenvalue weighted by Crippen LogP contribution is -2.46. The maximum atomic E-state index is 12.1. The molecule has 0 bridgehead atoms. The van der Waals surface area contributed by atoms with Gasteiger partial charge in [-0.05, 0) is 19.3 Å². The lowest BCUT2D eigenvalue weighted by Gasteiger charge is -2.25. The van der Waals surface area contributed by atoms with Gasteiger partial charge in [-0.15, -0.1) is 0 Å². The molecule has 1 N–H and O–H groups in total. The average molecular weight is 292 g/mol. The van der Waals surface area contributed by atoms with E-state index >= 15 is 0 Å². The first kappa shape index (κ1) is 15.9. The predicted octanol–water partition coefficient (Wildman–Crippen LogP) is -0.266. The summed E-state index contributed by atoms with van der Waals surface area (Å²) in [5.41, 5.74) is 0. The first-order valence-corrected chi connectivity index (χ1v) is 7.79. The quantitative estimate of drug-likeness (QED) is 0.727. The Bertz CT molecular complexity index is 446. The zero-order chi connectivity index (χ0) is 14.6. The number of aliphatic carboxylic acids is 1. The van der Waals surface area contributed by atoms with Crippen LogP contribution in [0.4, 0.5) is 0 Å². The van der Waals surface area contributed by atoms with Crippen molar-refractivity contribution in [1.82, 2.24) is 9.21 Å². The fraction of sp³-hybridized carbons (Fsp3) is 0.818. The Morgan fingerprint density at radius 1 is 1.37 bits per heavy atom. The highest BCUT2D eigenvalue weighted by molar-refractivity contribution is 7.89. The Labute approximate surface area is 113 Å².